The average molecular weight is 254 g/mol. The molecule has 0 aromatic rings. The first-order chi connectivity index (χ1) is 8.26. The molecular weight excluding hydrogens is 232 g/mol. The van der Waals surface area contributed by atoms with Gasteiger partial charge in [-0.15, -0.1) is 0 Å². The minimum Gasteiger partial charge on any atom is -0.481 e. The Hall–Kier alpha value is -1.26. The van der Waals surface area contributed by atoms with Gasteiger partial charge in [0.05, 0.1) is 5.41 Å². The molecule has 18 heavy (non-hydrogen) atoms. The fraction of sp³-hybridized carbons (Fsp3) is 0.846. The number of hydrogen-bond acceptors (Lipinski definition) is 2. The van der Waals surface area contributed by atoms with Gasteiger partial charge in [-0.2, -0.15) is 0 Å². The third-order valence-electron chi connectivity index (χ3n) is 4.39. The van der Waals surface area contributed by atoms with Crippen molar-refractivity contribution in [1.82, 2.24) is 9.80 Å². The van der Waals surface area contributed by atoms with Crippen LogP contribution in [0.3, 0.4) is 0 Å². The van der Waals surface area contributed by atoms with Crippen LogP contribution in [0.1, 0.15) is 40.0 Å². The summed E-state index contributed by atoms with van der Waals surface area (Å²) < 4.78 is 0. The molecule has 0 aliphatic carbocycles. The quantitative estimate of drug-likeness (QED) is 0.776. The molecule has 2 saturated heterocycles. The number of carboxylic acid groups (broad SMARTS) is 1. The lowest BCUT2D eigenvalue weighted by Gasteiger charge is -2.35. The van der Waals surface area contributed by atoms with Gasteiger partial charge >= 0.3 is 12.0 Å². The molecule has 0 radical (unpaired) electrons. The van der Waals surface area contributed by atoms with E-state index in [0.29, 0.717) is 19.5 Å². The lowest BCUT2D eigenvalue weighted by atomic mass is 9.90. The maximum absolute atomic E-state index is 12.4. The zero-order valence-corrected chi connectivity index (χ0v) is 11.4. The molecule has 102 valence electrons. The minimum absolute atomic E-state index is 0.00229. The van der Waals surface area contributed by atoms with E-state index < -0.39 is 11.4 Å². The monoisotopic (exact) mass is 254 g/mol. The highest BCUT2D eigenvalue weighted by Crippen LogP contribution is 2.34. The van der Waals surface area contributed by atoms with Crippen LogP contribution in [0.2, 0.25) is 0 Å². The first-order valence-electron chi connectivity index (χ1n) is 6.56. The summed E-state index contributed by atoms with van der Waals surface area (Å²) in [5.41, 5.74) is -0.876. The summed E-state index contributed by atoms with van der Waals surface area (Å²) in [5.74, 6) is -0.807. The highest BCUT2D eigenvalue weighted by molar-refractivity contribution is 5.80. The number of aliphatic carboxylic acids is 1. The van der Waals surface area contributed by atoms with Crippen LogP contribution in [0.4, 0.5) is 4.79 Å². The summed E-state index contributed by atoms with van der Waals surface area (Å²) in [6.45, 7) is 7.53. The molecule has 1 atom stereocenters. The van der Waals surface area contributed by atoms with Crippen molar-refractivity contribution in [3.05, 3.63) is 0 Å². The Morgan fingerprint density at radius 3 is 2.22 bits per heavy atom. The van der Waals surface area contributed by atoms with E-state index >= 15 is 0 Å². The zero-order chi connectivity index (χ0) is 13.6. The molecule has 2 fully saturated rings. The molecule has 2 aliphatic heterocycles. The number of carbonyl (C=O) groups is 2. The Labute approximate surface area is 108 Å². The molecular formula is C13H22N2O3. The Morgan fingerprint density at radius 1 is 1.11 bits per heavy atom. The topological polar surface area (TPSA) is 60.9 Å². The summed E-state index contributed by atoms with van der Waals surface area (Å²) in [7, 11) is 0. The predicted octanol–water partition coefficient (Wildman–Crippen LogP) is 1.78. The third-order valence-corrected chi connectivity index (χ3v) is 4.39. The van der Waals surface area contributed by atoms with Gasteiger partial charge in [-0.3, -0.25) is 4.79 Å². The van der Waals surface area contributed by atoms with Crippen LogP contribution >= 0.6 is 0 Å². The Kier molecular flexibility index (Phi) is 3.03. The van der Waals surface area contributed by atoms with Gasteiger partial charge in [-0.1, -0.05) is 0 Å². The molecule has 1 N–H and O–H groups in total. The molecule has 2 aliphatic rings. The van der Waals surface area contributed by atoms with Crippen molar-refractivity contribution in [2.75, 3.05) is 19.6 Å². The highest BCUT2D eigenvalue weighted by Gasteiger charge is 2.45. The van der Waals surface area contributed by atoms with E-state index in [4.69, 9.17) is 0 Å². The molecule has 2 heterocycles. The van der Waals surface area contributed by atoms with Gasteiger partial charge in [0.1, 0.15) is 0 Å². The maximum Gasteiger partial charge on any atom is 0.320 e. The van der Waals surface area contributed by atoms with E-state index in [1.807, 2.05) is 4.90 Å². The second-order valence-electron chi connectivity index (χ2n) is 6.39. The largest absolute Gasteiger partial charge is 0.481 e. The molecule has 5 nitrogen and oxygen atoms in total. The molecule has 0 aromatic heterocycles. The van der Waals surface area contributed by atoms with Crippen LogP contribution in [0.25, 0.3) is 0 Å². The molecule has 2 amide bonds. The summed E-state index contributed by atoms with van der Waals surface area (Å²) in [6, 6.07) is 0.00229. The highest BCUT2D eigenvalue weighted by atomic mass is 16.4. The first kappa shape index (κ1) is 13.2. The number of nitrogens with zero attached hydrogens (tertiary/aromatic N) is 2. The normalized spacial score (nSPS) is 30.8. The van der Waals surface area contributed by atoms with Crippen molar-refractivity contribution >= 4 is 12.0 Å². The number of likely N-dealkylation sites (tertiary alicyclic amines) is 2. The molecule has 1 unspecified atom stereocenters. The minimum atomic E-state index is -0.807. The van der Waals surface area contributed by atoms with Crippen molar-refractivity contribution < 1.29 is 14.7 Å². The number of carboxylic acids is 1. The van der Waals surface area contributed by atoms with E-state index in [0.717, 1.165) is 19.4 Å². The van der Waals surface area contributed by atoms with Crippen molar-refractivity contribution in [2.24, 2.45) is 5.41 Å². The van der Waals surface area contributed by atoms with Crippen molar-refractivity contribution in [3.8, 4) is 0 Å². The maximum atomic E-state index is 12.4. The third kappa shape index (κ3) is 2.06. The van der Waals surface area contributed by atoms with Crippen LogP contribution in [0.5, 0.6) is 0 Å². The van der Waals surface area contributed by atoms with Crippen LogP contribution in [0, 0.1) is 5.41 Å². The second kappa shape index (κ2) is 4.14. The lowest BCUT2D eigenvalue weighted by Crippen LogP contribution is -2.49. The number of amides is 2. The number of hydrogen-bond donors (Lipinski definition) is 1. The molecule has 0 bridgehead atoms. The van der Waals surface area contributed by atoms with Crippen LogP contribution in [-0.4, -0.2) is 52.1 Å². The van der Waals surface area contributed by atoms with E-state index in [9.17, 15) is 14.7 Å². The number of urea groups is 1. The zero-order valence-electron chi connectivity index (χ0n) is 11.4. The van der Waals surface area contributed by atoms with Gasteiger partial charge in [-0.25, -0.2) is 4.79 Å². The Morgan fingerprint density at radius 2 is 1.78 bits per heavy atom. The molecule has 0 saturated carbocycles. The average Bonchev–Trinajstić information content (AvgIpc) is 2.82. The van der Waals surface area contributed by atoms with Crippen LogP contribution in [-0.2, 0) is 4.79 Å². The fourth-order valence-electron chi connectivity index (χ4n) is 2.93. The first-order valence-corrected chi connectivity index (χ1v) is 6.56. The summed E-state index contributed by atoms with van der Waals surface area (Å²) >= 11 is 0. The van der Waals surface area contributed by atoms with Gasteiger partial charge in [-0.05, 0) is 40.0 Å². The number of rotatable bonds is 1. The fourth-order valence-corrected chi connectivity index (χ4v) is 2.93. The van der Waals surface area contributed by atoms with E-state index in [2.05, 4.69) is 13.8 Å². The van der Waals surface area contributed by atoms with Gasteiger partial charge in [0, 0.05) is 25.2 Å². The lowest BCUT2D eigenvalue weighted by molar-refractivity contribution is -0.147. The predicted molar refractivity (Wildman–Crippen MR) is 67.3 cm³/mol. The van der Waals surface area contributed by atoms with Crippen molar-refractivity contribution in [1.29, 1.82) is 0 Å². The summed E-state index contributed by atoms with van der Waals surface area (Å²) in [6.07, 6.45) is 2.59. The summed E-state index contributed by atoms with van der Waals surface area (Å²) in [5, 5.41) is 9.19. The van der Waals surface area contributed by atoms with Crippen molar-refractivity contribution in [3.63, 3.8) is 0 Å². The second-order valence-corrected chi connectivity index (χ2v) is 6.39. The molecule has 0 aromatic carbocycles. The smallest absolute Gasteiger partial charge is 0.320 e. The molecule has 2 rings (SSSR count). The molecule has 5 heteroatoms. The van der Waals surface area contributed by atoms with E-state index in [-0.39, 0.29) is 11.6 Å². The van der Waals surface area contributed by atoms with Crippen molar-refractivity contribution in [2.45, 2.75) is 45.6 Å². The van der Waals surface area contributed by atoms with Gasteiger partial charge in [0.2, 0.25) is 0 Å². The van der Waals surface area contributed by atoms with Gasteiger partial charge in [0.25, 0.3) is 0 Å². The summed E-state index contributed by atoms with van der Waals surface area (Å²) in [4.78, 5) is 27.2. The molecule has 0 spiro atoms. The van der Waals surface area contributed by atoms with Crippen LogP contribution in [0.15, 0.2) is 0 Å². The Bertz CT molecular complexity index is 380. The standard InChI is InChI=1S/C13H22N2O3/c1-12(2)5-4-7-15(12)11(18)14-8-6-13(3,9-14)10(16)17/h4-9H2,1-3H3,(H,16,17). The SMILES string of the molecule is CC1(C(=O)O)CCN(C(=O)N2CCCC2(C)C)C1. The number of carbonyl (C=O) groups excluding carboxylic acids is 1. The van der Waals surface area contributed by atoms with Gasteiger partial charge < -0.3 is 14.9 Å². The van der Waals surface area contributed by atoms with E-state index in [1.165, 1.54) is 0 Å². The van der Waals surface area contributed by atoms with Gasteiger partial charge in [0.15, 0.2) is 0 Å². The Balaban J connectivity index is 2.06. The van der Waals surface area contributed by atoms with E-state index in [1.54, 1.807) is 11.8 Å². The van der Waals surface area contributed by atoms with Crippen LogP contribution < -0.4 is 0 Å².